The van der Waals surface area contributed by atoms with Crippen LogP contribution in [0.1, 0.15) is 11.3 Å². The van der Waals surface area contributed by atoms with E-state index in [9.17, 15) is 8.42 Å². The number of aromatic nitrogens is 2. The summed E-state index contributed by atoms with van der Waals surface area (Å²) < 4.78 is 28.3. The fourth-order valence-electron chi connectivity index (χ4n) is 1.65. The molecule has 1 aromatic carbocycles. The van der Waals surface area contributed by atoms with Gasteiger partial charge in [0.05, 0.1) is 17.1 Å². The molecule has 0 atom stereocenters. The van der Waals surface area contributed by atoms with Gasteiger partial charge in [-0.15, -0.1) is 0 Å². The molecule has 0 aliphatic heterocycles. The normalized spacial score (nSPS) is 11.7. The fourth-order valence-corrected chi connectivity index (χ4v) is 2.72. The smallest absolute Gasteiger partial charge is 0.240 e. The van der Waals surface area contributed by atoms with Gasteiger partial charge in [0.1, 0.15) is 0 Å². The maximum Gasteiger partial charge on any atom is 0.240 e. The topological polar surface area (TPSA) is 90.0 Å². The van der Waals surface area contributed by atoms with E-state index in [2.05, 4.69) is 9.82 Å². The van der Waals surface area contributed by atoms with E-state index in [1.807, 2.05) is 0 Å². The van der Waals surface area contributed by atoms with Crippen LogP contribution in [0.3, 0.4) is 0 Å². The van der Waals surface area contributed by atoms with Crippen molar-refractivity contribution in [2.24, 2.45) is 12.8 Å². The maximum atomic E-state index is 12.1. The van der Waals surface area contributed by atoms with Crippen LogP contribution in [0.2, 0.25) is 0 Å². The third-order valence-electron chi connectivity index (χ3n) is 2.66. The predicted molar refractivity (Wildman–Crippen MR) is 71.6 cm³/mol. The predicted octanol–water partition coefficient (Wildman–Crippen LogP) is 0.357. The first-order valence-corrected chi connectivity index (χ1v) is 7.27. The van der Waals surface area contributed by atoms with Crippen LogP contribution < -0.4 is 10.5 Å². The van der Waals surface area contributed by atoms with Crippen molar-refractivity contribution in [1.82, 2.24) is 14.5 Å². The highest BCUT2D eigenvalue weighted by Crippen LogP contribution is 2.11. The molecule has 2 rings (SSSR count). The summed E-state index contributed by atoms with van der Waals surface area (Å²) in [4.78, 5) is 0.214. The molecule has 102 valence electrons. The van der Waals surface area contributed by atoms with Gasteiger partial charge in [0.25, 0.3) is 0 Å². The Hall–Kier alpha value is -1.70. The van der Waals surface area contributed by atoms with Gasteiger partial charge in [0.15, 0.2) is 0 Å². The van der Waals surface area contributed by atoms with Gasteiger partial charge in [-0.25, -0.2) is 13.1 Å². The van der Waals surface area contributed by atoms with Crippen molar-refractivity contribution in [3.05, 3.63) is 47.8 Å². The summed E-state index contributed by atoms with van der Waals surface area (Å²) in [7, 11) is -1.76. The lowest BCUT2D eigenvalue weighted by molar-refractivity contribution is 0.579. The van der Waals surface area contributed by atoms with Gasteiger partial charge >= 0.3 is 0 Å². The highest BCUT2D eigenvalue weighted by Gasteiger charge is 2.14. The second-order valence-electron chi connectivity index (χ2n) is 4.16. The molecule has 0 bridgehead atoms. The van der Waals surface area contributed by atoms with Gasteiger partial charge in [-0.3, -0.25) is 4.68 Å². The lowest BCUT2D eigenvalue weighted by atomic mass is 10.2. The molecule has 1 aromatic heterocycles. The average molecular weight is 280 g/mol. The Kier molecular flexibility index (Phi) is 3.98. The zero-order valence-corrected chi connectivity index (χ0v) is 11.4. The number of sulfonamides is 1. The van der Waals surface area contributed by atoms with Crippen LogP contribution in [-0.4, -0.2) is 18.2 Å². The second-order valence-corrected chi connectivity index (χ2v) is 5.92. The maximum absolute atomic E-state index is 12.1. The van der Waals surface area contributed by atoms with E-state index in [-0.39, 0.29) is 11.4 Å². The SMILES string of the molecule is Cn1ccc(CNS(=O)(=O)c2cccc(CN)c2)n1. The summed E-state index contributed by atoms with van der Waals surface area (Å²) >= 11 is 0. The van der Waals surface area contributed by atoms with Crippen LogP contribution in [0.5, 0.6) is 0 Å². The first-order chi connectivity index (χ1) is 9.01. The molecule has 0 aliphatic rings. The zero-order valence-electron chi connectivity index (χ0n) is 10.6. The van der Waals surface area contributed by atoms with Crippen molar-refractivity contribution >= 4 is 10.0 Å². The molecule has 0 fully saturated rings. The number of benzene rings is 1. The molecule has 0 amide bonds. The van der Waals surface area contributed by atoms with E-state index in [0.717, 1.165) is 5.56 Å². The van der Waals surface area contributed by atoms with Crippen LogP contribution in [-0.2, 0) is 30.2 Å². The van der Waals surface area contributed by atoms with E-state index in [0.29, 0.717) is 12.2 Å². The summed E-state index contributed by atoms with van der Waals surface area (Å²) in [5.74, 6) is 0. The van der Waals surface area contributed by atoms with Gasteiger partial charge < -0.3 is 5.73 Å². The quantitative estimate of drug-likeness (QED) is 0.827. The van der Waals surface area contributed by atoms with E-state index in [1.165, 1.54) is 0 Å². The second kappa shape index (κ2) is 5.52. The van der Waals surface area contributed by atoms with E-state index >= 15 is 0 Å². The van der Waals surface area contributed by atoms with E-state index in [1.54, 1.807) is 48.3 Å². The van der Waals surface area contributed by atoms with Crippen LogP contribution in [0.15, 0.2) is 41.4 Å². The summed E-state index contributed by atoms with van der Waals surface area (Å²) in [6, 6.07) is 8.34. The van der Waals surface area contributed by atoms with Crippen molar-refractivity contribution in [2.45, 2.75) is 18.0 Å². The molecule has 7 heteroatoms. The molecule has 19 heavy (non-hydrogen) atoms. The standard InChI is InChI=1S/C12H16N4O2S/c1-16-6-5-11(15-16)9-14-19(17,18)12-4-2-3-10(7-12)8-13/h2-7,14H,8-9,13H2,1H3. The Labute approximate surface area is 112 Å². The summed E-state index contributed by atoms with van der Waals surface area (Å²) in [5, 5.41) is 4.11. The summed E-state index contributed by atoms with van der Waals surface area (Å²) in [6.07, 6.45) is 1.76. The first kappa shape index (κ1) is 13.7. The number of nitrogens with two attached hydrogens (primary N) is 1. The largest absolute Gasteiger partial charge is 0.326 e. The third kappa shape index (κ3) is 3.40. The van der Waals surface area contributed by atoms with Crippen LogP contribution in [0.25, 0.3) is 0 Å². The van der Waals surface area contributed by atoms with Crippen LogP contribution in [0, 0.1) is 0 Å². The van der Waals surface area contributed by atoms with Crippen molar-refractivity contribution < 1.29 is 8.42 Å². The zero-order chi connectivity index (χ0) is 13.9. The molecule has 3 N–H and O–H groups in total. The number of nitrogens with one attached hydrogen (secondary N) is 1. The minimum Gasteiger partial charge on any atom is -0.326 e. The molecule has 0 spiro atoms. The number of aryl methyl sites for hydroxylation is 1. The average Bonchev–Trinajstić information content (AvgIpc) is 2.82. The molecule has 0 unspecified atom stereocenters. The van der Waals surface area contributed by atoms with Crippen molar-refractivity contribution in [3.63, 3.8) is 0 Å². The molecule has 2 aromatic rings. The Morgan fingerprint density at radius 2 is 2.16 bits per heavy atom. The van der Waals surface area contributed by atoms with Crippen molar-refractivity contribution in [2.75, 3.05) is 0 Å². The number of hydrogen-bond acceptors (Lipinski definition) is 4. The van der Waals surface area contributed by atoms with Gasteiger partial charge in [-0.2, -0.15) is 5.10 Å². The molecule has 0 radical (unpaired) electrons. The van der Waals surface area contributed by atoms with Crippen LogP contribution >= 0.6 is 0 Å². The highest BCUT2D eigenvalue weighted by molar-refractivity contribution is 7.89. The number of hydrogen-bond donors (Lipinski definition) is 2. The van der Waals surface area contributed by atoms with Crippen molar-refractivity contribution in [1.29, 1.82) is 0 Å². The van der Waals surface area contributed by atoms with Gasteiger partial charge in [-0.1, -0.05) is 12.1 Å². The third-order valence-corrected chi connectivity index (χ3v) is 4.06. The van der Waals surface area contributed by atoms with Crippen molar-refractivity contribution in [3.8, 4) is 0 Å². The fraction of sp³-hybridized carbons (Fsp3) is 0.250. The van der Waals surface area contributed by atoms with E-state index < -0.39 is 10.0 Å². The number of rotatable bonds is 5. The molecular formula is C12H16N4O2S. The van der Waals surface area contributed by atoms with Gasteiger partial charge in [0, 0.05) is 19.8 Å². The minimum atomic E-state index is -3.54. The van der Waals surface area contributed by atoms with Gasteiger partial charge in [-0.05, 0) is 23.8 Å². The first-order valence-electron chi connectivity index (χ1n) is 5.78. The molecule has 1 heterocycles. The highest BCUT2D eigenvalue weighted by atomic mass is 32.2. The monoisotopic (exact) mass is 280 g/mol. The lowest BCUT2D eigenvalue weighted by Gasteiger charge is -2.06. The lowest BCUT2D eigenvalue weighted by Crippen LogP contribution is -2.23. The molecule has 0 saturated carbocycles. The van der Waals surface area contributed by atoms with Gasteiger partial charge in [0.2, 0.25) is 10.0 Å². The van der Waals surface area contributed by atoms with E-state index in [4.69, 9.17) is 5.73 Å². The Bertz CT molecular complexity index is 664. The number of nitrogens with zero attached hydrogens (tertiary/aromatic N) is 2. The summed E-state index contributed by atoms with van der Waals surface area (Å²) in [5.41, 5.74) is 6.95. The Balaban J connectivity index is 2.13. The Morgan fingerprint density at radius 1 is 1.37 bits per heavy atom. The Morgan fingerprint density at radius 3 is 2.79 bits per heavy atom. The molecule has 0 saturated heterocycles. The minimum absolute atomic E-state index is 0.163. The molecule has 0 aliphatic carbocycles. The van der Waals surface area contributed by atoms with Crippen LogP contribution in [0.4, 0.5) is 0 Å². The molecule has 6 nitrogen and oxygen atoms in total. The summed E-state index contributed by atoms with van der Waals surface area (Å²) in [6.45, 7) is 0.472. The molecular weight excluding hydrogens is 264 g/mol.